The van der Waals surface area contributed by atoms with Crippen LogP contribution < -0.4 is 10.2 Å². The first-order valence-corrected chi connectivity index (χ1v) is 9.18. The van der Waals surface area contributed by atoms with E-state index in [1.54, 1.807) is 37.3 Å². The maximum Gasteiger partial charge on any atom is 0.338 e. The number of carbonyl (C=O) groups is 3. The summed E-state index contributed by atoms with van der Waals surface area (Å²) in [6.45, 7) is 3.77. The van der Waals surface area contributed by atoms with Crippen LogP contribution in [0.5, 0.6) is 0 Å². The maximum absolute atomic E-state index is 12.8. The van der Waals surface area contributed by atoms with Crippen molar-refractivity contribution in [1.82, 2.24) is 0 Å². The van der Waals surface area contributed by atoms with E-state index < -0.39 is 17.8 Å². The standard InChI is InChI=1S/C20H16Cl2N2O4/c1-3-28-20(27)12-5-4-6-13(9-12)23-17-16(22)18(25)24(19(17)26)14-8-7-11(2)15(21)10-14/h4-10,23H,3H2,1-2H3. The number of nitrogens with one attached hydrogen (secondary N) is 1. The van der Waals surface area contributed by atoms with Gasteiger partial charge in [0.15, 0.2) is 0 Å². The Labute approximate surface area is 171 Å². The number of ether oxygens (including phenoxy) is 1. The Kier molecular flexibility index (Phi) is 5.72. The third-order valence-electron chi connectivity index (χ3n) is 4.08. The lowest BCUT2D eigenvalue weighted by molar-refractivity contribution is -0.120. The van der Waals surface area contributed by atoms with E-state index in [9.17, 15) is 14.4 Å². The number of imide groups is 1. The Hall–Kier alpha value is -2.83. The fourth-order valence-corrected chi connectivity index (χ4v) is 3.04. The molecular weight excluding hydrogens is 403 g/mol. The van der Waals surface area contributed by atoms with Crippen molar-refractivity contribution in [1.29, 1.82) is 0 Å². The third-order valence-corrected chi connectivity index (χ3v) is 4.84. The van der Waals surface area contributed by atoms with E-state index in [4.69, 9.17) is 27.9 Å². The largest absolute Gasteiger partial charge is 0.462 e. The first-order valence-electron chi connectivity index (χ1n) is 8.42. The van der Waals surface area contributed by atoms with Crippen LogP contribution in [0.4, 0.5) is 11.4 Å². The summed E-state index contributed by atoms with van der Waals surface area (Å²) in [6.07, 6.45) is 0. The first kappa shape index (κ1) is 19.9. The number of carbonyl (C=O) groups excluding carboxylic acids is 3. The highest BCUT2D eigenvalue weighted by molar-refractivity contribution is 6.53. The molecule has 2 aromatic rings. The molecule has 1 aliphatic rings. The number of nitrogens with zero attached hydrogens (tertiary/aromatic N) is 1. The molecule has 0 aliphatic carbocycles. The molecular formula is C20H16Cl2N2O4. The van der Waals surface area contributed by atoms with Gasteiger partial charge in [-0.3, -0.25) is 9.59 Å². The van der Waals surface area contributed by atoms with Crippen molar-refractivity contribution in [2.45, 2.75) is 13.8 Å². The van der Waals surface area contributed by atoms with E-state index in [-0.39, 0.29) is 17.3 Å². The van der Waals surface area contributed by atoms with Crippen molar-refractivity contribution in [2.24, 2.45) is 0 Å². The molecule has 8 heteroatoms. The molecule has 0 atom stereocenters. The van der Waals surface area contributed by atoms with Crippen molar-refractivity contribution < 1.29 is 19.1 Å². The van der Waals surface area contributed by atoms with E-state index in [0.717, 1.165) is 10.5 Å². The van der Waals surface area contributed by atoms with Gasteiger partial charge in [0.1, 0.15) is 10.7 Å². The zero-order valence-corrected chi connectivity index (χ0v) is 16.6. The third kappa shape index (κ3) is 3.74. The normalized spacial score (nSPS) is 13.9. The summed E-state index contributed by atoms with van der Waals surface area (Å²) in [7, 11) is 0. The van der Waals surface area contributed by atoms with Crippen LogP contribution >= 0.6 is 23.2 Å². The van der Waals surface area contributed by atoms with Crippen LogP contribution in [0, 0.1) is 6.92 Å². The number of rotatable bonds is 5. The molecule has 0 fully saturated rings. The molecule has 6 nitrogen and oxygen atoms in total. The van der Waals surface area contributed by atoms with Gasteiger partial charge in [-0.2, -0.15) is 0 Å². The van der Waals surface area contributed by atoms with Gasteiger partial charge in [0.05, 0.1) is 17.9 Å². The molecule has 0 aromatic heterocycles. The lowest BCUT2D eigenvalue weighted by Crippen LogP contribution is -2.32. The van der Waals surface area contributed by atoms with Crippen molar-refractivity contribution in [3.05, 3.63) is 69.3 Å². The summed E-state index contributed by atoms with van der Waals surface area (Å²) < 4.78 is 4.96. The summed E-state index contributed by atoms with van der Waals surface area (Å²) in [5, 5.41) is 3.01. The number of anilines is 2. The average Bonchev–Trinajstić information content (AvgIpc) is 2.88. The fourth-order valence-electron chi connectivity index (χ4n) is 2.65. The minimum atomic E-state index is -0.657. The molecule has 2 amide bonds. The highest BCUT2D eigenvalue weighted by atomic mass is 35.5. The highest BCUT2D eigenvalue weighted by Crippen LogP contribution is 2.32. The maximum atomic E-state index is 12.8. The van der Waals surface area contributed by atoms with E-state index in [1.807, 2.05) is 6.92 Å². The molecule has 0 saturated carbocycles. The predicted octanol–water partition coefficient (Wildman–Crippen LogP) is 4.26. The molecule has 0 saturated heterocycles. The van der Waals surface area contributed by atoms with Gasteiger partial charge in [-0.1, -0.05) is 35.3 Å². The highest BCUT2D eigenvalue weighted by Gasteiger charge is 2.39. The quantitative estimate of drug-likeness (QED) is 0.579. The van der Waals surface area contributed by atoms with Crippen molar-refractivity contribution >= 4 is 52.4 Å². The van der Waals surface area contributed by atoms with Crippen LogP contribution in [0.1, 0.15) is 22.8 Å². The summed E-state index contributed by atoms with van der Waals surface area (Å²) in [4.78, 5) is 38.2. The van der Waals surface area contributed by atoms with Gasteiger partial charge < -0.3 is 10.1 Å². The first-order chi connectivity index (χ1) is 13.3. The topological polar surface area (TPSA) is 75.7 Å². The molecule has 1 aliphatic heterocycles. The van der Waals surface area contributed by atoms with Crippen LogP contribution in [-0.2, 0) is 14.3 Å². The van der Waals surface area contributed by atoms with Gasteiger partial charge in [0, 0.05) is 10.7 Å². The van der Waals surface area contributed by atoms with Crippen LogP contribution in [-0.4, -0.2) is 24.4 Å². The van der Waals surface area contributed by atoms with Crippen molar-refractivity contribution in [3.63, 3.8) is 0 Å². The number of amides is 2. The zero-order valence-electron chi connectivity index (χ0n) is 15.1. The van der Waals surface area contributed by atoms with Gasteiger partial charge in [-0.05, 0) is 49.7 Å². The Bertz CT molecular complexity index is 1020. The minimum Gasteiger partial charge on any atom is -0.462 e. The van der Waals surface area contributed by atoms with E-state index in [2.05, 4.69) is 5.32 Å². The van der Waals surface area contributed by atoms with E-state index in [1.165, 1.54) is 12.1 Å². The molecule has 3 rings (SSSR count). The predicted molar refractivity (Wildman–Crippen MR) is 108 cm³/mol. The Balaban J connectivity index is 1.88. The van der Waals surface area contributed by atoms with Gasteiger partial charge in [0.2, 0.25) is 0 Å². The number of esters is 1. The molecule has 0 spiro atoms. The van der Waals surface area contributed by atoms with Gasteiger partial charge in [-0.15, -0.1) is 0 Å². The Morgan fingerprint density at radius 1 is 1.11 bits per heavy atom. The summed E-state index contributed by atoms with van der Waals surface area (Å²) in [6, 6.07) is 11.2. The van der Waals surface area contributed by atoms with E-state index >= 15 is 0 Å². The van der Waals surface area contributed by atoms with Gasteiger partial charge in [-0.25, -0.2) is 9.69 Å². The molecule has 144 valence electrons. The second-order valence-corrected chi connectivity index (χ2v) is 6.78. The lowest BCUT2D eigenvalue weighted by atomic mass is 10.2. The number of halogens is 2. The average molecular weight is 419 g/mol. The van der Waals surface area contributed by atoms with Crippen LogP contribution in [0.25, 0.3) is 0 Å². The van der Waals surface area contributed by atoms with Gasteiger partial charge >= 0.3 is 5.97 Å². The Morgan fingerprint density at radius 2 is 1.86 bits per heavy atom. The minimum absolute atomic E-state index is 0.0793. The smallest absolute Gasteiger partial charge is 0.338 e. The van der Waals surface area contributed by atoms with Crippen LogP contribution in [0.15, 0.2) is 53.2 Å². The summed E-state index contributed by atoms with van der Waals surface area (Å²) in [5.74, 6) is -1.76. The molecule has 0 radical (unpaired) electrons. The molecule has 1 N–H and O–H groups in total. The number of hydrogen-bond donors (Lipinski definition) is 1. The summed E-state index contributed by atoms with van der Waals surface area (Å²) >= 11 is 12.2. The molecule has 0 bridgehead atoms. The molecule has 2 aromatic carbocycles. The van der Waals surface area contributed by atoms with Crippen molar-refractivity contribution in [3.8, 4) is 0 Å². The monoisotopic (exact) mass is 418 g/mol. The second kappa shape index (κ2) is 8.04. The molecule has 0 unspecified atom stereocenters. The van der Waals surface area contributed by atoms with E-state index in [0.29, 0.717) is 22.0 Å². The number of hydrogen-bond acceptors (Lipinski definition) is 5. The van der Waals surface area contributed by atoms with Crippen LogP contribution in [0.2, 0.25) is 5.02 Å². The van der Waals surface area contributed by atoms with Crippen LogP contribution in [0.3, 0.4) is 0 Å². The number of benzene rings is 2. The fraction of sp³-hybridized carbons (Fsp3) is 0.150. The molecule has 28 heavy (non-hydrogen) atoms. The van der Waals surface area contributed by atoms with Gasteiger partial charge in [0.25, 0.3) is 11.8 Å². The lowest BCUT2D eigenvalue weighted by Gasteiger charge is -2.16. The molecule has 1 heterocycles. The number of aryl methyl sites for hydroxylation is 1. The Morgan fingerprint density at radius 3 is 2.54 bits per heavy atom. The SMILES string of the molecule is CCOC(=O)c1cccc(NC2=C(Cl)C(=O)N(c3ccc(C)c(Cl)c3)C2=O)c1. The zero-order chi connectivity index (χ0) is 20.4. The summed E-state index contributed by atoms with van der Waals surface area (Å²) in [5.41, 5.74) is 1.79. The van der Waals surface area contributed by atoms with Crippen molar-refractivity contribution in [2.75, 3.05) is 16.8 Å². The second-order valence-electron chi connectivity index (χ2n) is 5.99.